The minimum Gasteiger partial charge on any atom is -0.326 e. The molecule has 0 aromatic heterocycles. The Morgan fingerprint density at radius 1 is 1.36 bits per heavy atom. The Balaban J connectivity index is 2.88. The third-order valence-electron chi connectivity index (χ3n) is 2.88. The number of hydrogen-bond donors (Lipinski definition) is 1. The van der Waals surface area contributed by atoms with Gasteiger partial charge in [-0.1, -0.05) is 38.5 Å². The zero-order chi connectivity index (χ0) is 10.6. The molecular formula is C13H21N. The van der Waals surface area contributed by atoms with Crippen LogP contribution in [-0.4, -0.2) is 0 Å². The summed E-state index contributed by atoms with van der Waals surface area (Å²) in [6.45, 7) is 7.29. The van der Waals surface area contributed by atoms with E-state index < -0.39 is 0 Å². The average Bonchev–Trinajstić information content (AvgIpc) is 2.19. The predicted octanol–water partition coefficient (Wildman–Crippen LogP) is 3.36. The van der Waals surface area contributed by atoms with Crippen LogP contribution in [0, 0.1) is 6.92 Å². The second-order valence-corrected chi connectivity index (χ2v) is 4.08. The largest absolute Gasteiger partial charge is 0.326 e. The first-order valence-electron chi connectivity index (χ1n) is 5.48. The first-order chi connectivity index (χ1) is 6.69. The first kappa shape index (κ1) is 11.3. The molecule has 0 saturated carbocycles. The molecule has 1 atom stereocenters. The normalized spacial score (nSPS) is 12.9. The van der Waals surface area contributed by atoms with E-state index in [1.54, 1.807) is 0 Å². The Kier molecular flexibility index (Phi) is 4.15. The molecule has 2 N–H and O–H groups in total. The van der Waals surface area contributed by atoms with Crippen LogP contribution >= 0.6 is 0 Å². The summed E-state index contributed by atoms with van der Waals surface area (Å²) in [6, 6.07) is 6.67. The number of nitrogens with two attached hydrogens (primary N) is 1. The van der Waals surface area contributed by atoms with Gasteiger partial charge in [0.25, 0.3) is 0 Å². The molecule has 1 unspecified atom stereocenters. The van der Waals surface area contributed by atoms with Gasteiger partial charge in [-0.15, -0.1) is 0 Å². The molecule has 0 aliphatic carbocycles. The molecule has 0 spiro atoms. The van der Waals surface area contributed by atoms with Gasteiger partial charge in [-0.3, -0.25) is 0 Å². The topological polar surface area (TPSA) is 26.0 Å². The predicted molar refractivity (Wildman–Crippen MR) is 62.4 cm³/mol. The zero-order valence-corrected chi connectivity index (χ0v) is 9.51. The summed E-state index contributed by atoms with van der Waals surface area (Å²) in [6.07, 6.45) is 2.50. The van der Waals surface area contributed by atoms with Crippen molar-refractivity contribution in [1.82, 2.24) is 0 Å². The monoisotopic (exact) mass is 191 g/mol. The molecule has 0 fully saturated rings. The van der Waals surface area contributed by atoms with E-state index in [9.17, 15) is 0 Å². The van der Waals surface area contributed by atoms with Crippen molar-refractivity contribution < 1.29 is 0 Å². The van der Waals surface area contributed by atoms with E-state index in [1.165, 1.54) is 29.5 Å². The maximum absolute atomic E-state index is 5.69. The second-order valence-electron chi connectivity index (χ2n) is 4.08. The fraction of sp³-hybridized carbons (Fsp3) is 0.538. The standard InChI is InChI=1S/C13H21N/c1-4-5-10(2)12-7-6-11(3)13(8-12)9-14/h6-8,10H,4-5,9,14H2,1-3H3. The van der Waals surface area contributed by atoms with Crippen LogP contribution in [0.2, 0.25) is 0 Å². The molecule has 1 rings (SSSR count). The molecular weight excluding hydrogens is 170 g/mol. The van der Waals surface area contributed by atoms with Crippen molar-refractivity contribution in [2.75, 3.05) is 0 Å². The van der Waals surface area contributed by atoms with Crippen molar-refractivity contribution in [1.29, 1.82) is 0 Å². The van der Waals surface area contributed by atoms with E-state index in [0.29, 0.717) is 12.5 Å². The van der Waals surface area contributed by atoms with E-state index in [4.69, 9.17) is 5.73 Å². The van der Waals surface area contributed by atoms with Crippen molar-refractivity contribution in [3.05, 3.63) is 34.9 Å². The van der Waals surface area contributed by atoms with Crippen LogP contribution in [0.1, 0.15) is 49.3 Å². The van der Waals surface area contributed by atoms with Crippen LogP contribution in [0.3, 0.4) is 0 Å². The molecule has 0 aliphatic heterocycles. The van der Waals surface area contributed by atoms with Crippen molar-refractivity contribution in [3.8, 4) is 0 Å². The number of hydrogen-bond acceptors (Lipinski definition) is 1. The Morgan fingerprint density at radius 2 is 2.07 bits per heavy atom. The van der Waals surface area contributed by atoms with Gasteiger partial charge in [-0.25, -0.2) is 0 Å². The molecule has 78 valence electrons. The van der Waals surface area contributed by atoms with Gasteiger partial charge in [0.2, 0.25) is 0 Å². The molecule has 0 heterocycles. The molecule has 1 heteroatoms. The summed E-state index contributed by atoms with van der Waals surface area (Å²) < 4.78 is 0. The van der Waals surface area contributed by atoms with E-state index >= 15 is 0 Å². The minimum absolute atomic E-state index is 0.651. The molecule has 1 aromatic carbocycles. The molecule has 14 heavy (non-hydrogen) atoms. The fourth-order valence-electron chi connectivity index (χ4n) is 1.82. The lowest BCUT2D eigenvalue weighted by Gasteiger charge is -2.13. The zero-order valence-electron chi connectivity index (χ0n) is 9.51. The summed E-state index contributed by atoms with van der Waals surface area (Å²) in [5.74, 6) is 0.658. The smallest absolute Gasteiger partial charge is 0.0180 e. The maximum Gasteiger partial charge on any atom is 0.0180 e. The van der Waals surface area contributed by atoms with Crippen molar-refractivity contribution in [3.63, 3.8) is 0 Å². The SMILES string of the molecule is CCCC(C)c1ccc(C)c(CN)c1. The van der Waals surface area contributed by atoms with Crippen molar-refractivity contribution >= 4 is 0 Å². The average molecular weight is 191 g/mol. The summed E-state index contributed by atoms with van der Waals surface area (Å²) in [4.78, 5) is 0. The maximum atomic E-state index is 5.69. The van der Waals surface area contributed by atoms with Gasteiger partial charge in [-0.2, -0.15) is 0 Å². The van der Waals surface area contributed by atoms with Crippen LogP contribution in [0.15, 0.2) is 18.2 Å². The Labute approximate surface area is 87.3 Å². The quantitative estimate of drug-likeness (QED) is 0.776. The Bertz CT molecular complexity index is 291. The Hall–Kier alpha value is -0.820. The Morgan fingerprint density at radius 3 is 2.64 bits per heavy atom. The third-order valence-corrected chi connectivity index (χ3v) is 2.88. The molecule has 0 saturated heterocycles. The molecule has 1 nitrogen and oxygen atoms in total. The lowest BCUT2D eigenvalue weighted by Crippen LogP contribution is -2.01. The van der Waals surface area contributed by atoms with Crippen molar-refractivity contribution in [2.24, 2.45) is 5.73 Å². The lowest BCUT2D eigenvalue weighted by molar-refractivity contribution is 0.664. The summed E-state index contributed by atoms with van der Waals surface area (Å²) in [5, 5.41) is 0. The van der Waals surface area contributed by atoms with Gasteiger partial charge in [0.05, 0.1) is 0 Å². The highest BCUT2D eigenvalue weighted by Gasteiger charge is 2.05. The van der Waals surface area contributed by atoms with E-state index in [2.05, 4.69) is 39.0 Å². The number of benzene rings is 1. The van der Waals surface area contributed by atoms with Crippen LogP contribution in [0.4, 0.5) is 0 Å². The van der Waals surface area contributed by atoms with E-state index in [1.807, 2.05) is 0 Å². The second kappa shape index (κ2) is 5.16. The summed E-state index contributed by atoms with van der Waals surface area (Å²) in [7, 11) is 0. The third kappa shape index (κ3) is 2.58. The first-order valence-corrected chi connectivity index (χ1v) is 5.48. The summed E-state index contributed by atoms with van der Waals surface area (Å²) >= 11 is 0. The van der Waals surface area contributed by atoms with Crippen LogP contribution in [-0.2, 0) is 6.54 Å². The number of aryl methyl sites for hydroxylation is 1. The van der Waals surface area contributed by atoms with Gasteiger partial charge in [0, 0.05) is 6.54 Å². The fourth-order valence-corrected chi connectivity index (χ4v) is 1.82. The van der Waals surface area contributed by atoms with Gasteiger partial charge < -0.3 is 5.73 Å². The van der Waals surface area contributed by atoms with Crippen LogP contribution in [0.5, 0.6) is 0 Å². The van der Waals surface area contributed by atoms with Gasteiger partial charge in [0.1, 0.15) is 0 Å². The highest BCUT2D eigenvalue weighted by atomic mass is 14.5. The molecule has 0 amide bonds. The van der Waals surface area contributed by atoms with Gasteiger partial charge in [-0.05, 0) is 36.0 Å². The molecule has 0 aliphatic rings. The van der Waals surface area contributed by atoms with E-state index in [0.717, 1.165) is 0 Å². The van der Waals surface area contributed by atoms with Crippen LogP contribution < -0.4 is 5.73 Å². The highest BCUT2D eigenvalue weighted by molar-refractivity contribution is 5.32. The molecule has 1 aromatic rings. The minimum atomic E-state index is 0.651. The number of rotatable bonds is 4. The summed E-state index contributed by atoms with van der Waals surface area (Å²) in [5.41, 5.74) is 9.71. The van der Waals surface area contributed by atoms with Crippen LogP contribution in [0.25, 0.3) is 0 Å². The lowest BCUT2D eigenvalue weighted by atomic mass is 9.93. The van der Waals surface area contributed by atoms with Crippen molar-refractivity contribution in [2.45, 2.75) is 46.1 Å². The highest BCUT2D eigenvalue weighted by Crippen LogP contribution is 2.22. The van der Waals surface area contributed by atoms with Gasteiger partial charge >= 0.3 is 0 Å². The molecule has 0 bridgehead atoms. The van der Waals surface area contributed by atoms with E-state index in [-0.39, 0.29) is 0 Å². The van der Waals surface area contributed by atoms with Gasteiger partial charge in [0.15, 0.2) is 0 Å². The molecule has 0 radical (unpaired) electrons.